The second-order valence-electron chi connectivity index (χ2n) is 8.04. The number of amides is 2. The number of carbonyl (C=O) groups is 2. The molecule has 1 aromatic carbocycles. The molecule has 0 radical (unpaired) electrons. The topological polar surface area (TPSA) is 70.1 Å². The number of alkyl halides is 3. The molecule has 3 rings (SSSR count). The minimum Gasteiger partial charge on any atom is -0.465 e. The zero-order chi connectivity index (χ0) is 22.3. The molecule has 30 heavy (non-hydrogen) atoms. The fourth-order valence-corrected chi connectivity index (χ4v) is 4.04. The fourth-order valence-electron chi connectivity index (χ4n) is 4.04. The zero-order valence-corrected chi connectivity index (χ0v) is 16.7. The van der Waals surface area contributed by atoms with Gasteiger partial charge in [-0.1, -0.05) is 6.07 Å². The third kappa shape index (κ3) is 4.32. The number of hydrogen-bond donors (Lipinski definition) is 1. The Hall–Kier alpha value is -2.52. The molecule has 166 valence electrons. The van der Waals surface area contributed by atoms with Gasteiger partial charge < -0.3 is 14.7 Å². The van der Waals surface area contributed by atoms with Crippen LogP contribution in [0.25, 0.3) is 0 Å². The van der Waals surface area contributed by atoms with E-state index in [0.717, 1.165) is 12.1 Å². The monoisotopic (exact) mass is 432 g/mol. The van der Waals surface area contributed by atoms with E-state index in [1.165, 1.54) is 15.9 Å². The Morgan fingerprint density at radius 2 is 2.00 bits per heavy atom. The van der Waals surface area contributed by atoms with E-state index in [1.54, 1.807) is 13.8 Å². The van der Waals surface area contributed by atoms with Crippen molar-refractivity contribution in [3.05, 3.63) is 35.1 Å². The van der Waals surface area contributed by atoms with Crippen molar-refractivity contribution < 1.29 is 37.0 Å². The van der Waals surface area contributed by atoms with Crippen molar-refractivity contribution in [1.82, 2.24) is 9.80 Å². The van der Waals surface area contributed by atoms with Crippen molar-refractivity contribution in [2.24, 2.45) is 0 Å². The van der Waals surface area contributed by atoms with Crippen LogP contribution in [0.2, 0.25) is 0 Å². The van der Waals surface area contributed by atoms with Crippen molar-refractivity contribution in [2.75, 3.05) is 13.1 Å². The molecule has 2 aliphatic rings. The van der Waals surface area contributed by atoms with Crippen molar-refractivity contribution in [3.8, 4) is 0 Å². The van der Waals surface area contributed by atoms with Crippen LogP contribution in [0.3, 0.4) is 0 Å². The lowest BCUT2D eigenvalue weighted by atomic mass is 9.99. The Balaban J connectivity index is 1.97. The summed E-state index contributed by atoms with van der Waals surface area (Å²) >= 11 is 0. The van der Waals surface area contributed by atoms with Gasteiger partial charge >= 0.3 is 18.4 Å². The molecule has 2 amide bonds. The summed E-state index contributed by atoms with van der Waals surface area (Å²) in [6.45, 7) is 3.62. The van der Waals surface area contributed by atoms with Crippen molar-refractivity contribution in [2.45, 2.75) is 63.4 Å². The van der Waals surface area contributed by atoms with E-state index >= 15 is 0 Å². The van der Waals surface area contributed by atoms with E-state index in [0.29, 0.717) is 32.2 Å². The van der Waals surface area contributed by atoms with Gasteiger partial charge in [-0.25, -0.2) is 14.0 Å². The summed E-state index contributed by atoms with van der Waals surface area (Å²) in [5, 5.41) is 9.40. The molecular formula is C20H24F4N2O4. The molecule has 2 fully saturated rings. The normalized spacial score (nSPS) is 20.4. The fraction of sp³-hybridized carbons (Fsp3) is 0.600. The molecule has 10 heteroatoms. The molecule has 0 aromatic heterocycles. The van der Waals surface area contributed by atoms with Crippen molar-refractivity contribution in [3.63, 3.8) is 0 Å². The molecule has 1 aliphatic carbocycles. The van der Waals surface area contributed by atoms with Gasteiger partial charge in [0.1, 0.15) is 5.82 Å². The van der Waals surface area contributed by atoms with Crippen LogP contribution in [0, 0.1) is 5.82 Å². The second-order valence-corrected chi connectivity index (χ2v) is 8.04. The first-order valence-corrected chi connectivity index (χ1v) is 9.81. The smallest absolute Gasteiger partial charge is 0.419 e. The van der Waals surface area contributed by atoms with Crippen LogP contribution < -0.4 is 0 Å². The molecule has 1 aromatic rings. The number of carbonyl (C=O) groups excluding carboxylic acids is 1. The third-order valence-corrected chi connectivity index (χ3v) is 5.62. The molecule has 0 spiro atoms. The predicted octanol–water partition coefficient (Wildman–Crippen LogP) is 4.82. The van der Waals surface area contributed by atoms with Gasteiger partial charge in [-0.2, -0.15) is 13.2 Å². The maximum atomic E-state index is 13.8. The minimum absolute atomic E-state index is 0.00339. The first-order valence-electron chi connectivity index (χ1n) is 9.81. The van der Waals surface area contributed by atoms with E-state index in [-0.39, 0.29) is 12.1 Å². The number of nitrogens with zero attached hydrogens (tertiary/aromatic N) is 2. The number of halogens is 4. The highest BCUT2D eigenvalue weighted by Gasteiger charge is 2.54. The number of carboxylic acid groups (broad SMARTS) is 1. The van der Waals surface area contributed by atoms with Crippen molar-refractivity contribution >= 4 is 12.2 Å². The Kier molecular flexibility index (Phi) is 5.88. The first kappa shape index (κ1) is 22.2. The van der Waals surface area contributed by atoms with E-state index < -0.39 is 47.4 Å². The van der Waals surface area contributed by atoms with Gasteiger partial charge in [0, 0.05) is 13.1 Å². The van der Waals surface area contributed by atoms with Crippen LogP contribution in [0.15, 0.2) is 18.2 Å². The third-order valence-electron chi connectivity index (χ3n) is 5.62. The van der Waals surface area contributed by atoms with Gasteiger partial charge in [0.05, 0.1) is 23.2 Å². The van der Waals surface area contributed by atoms with Gasteiger partial charge in [0.25, 0.3) is 0 Å². The second kappa shape index (κ2) is 7.96. The predicted molar refractivity (Wildman–Crippen MR) is 98.4 cm³/mol. The Morgan fingerprint density at radius 1 is 1.33 bits per heavy atom. The van der Waals surface area contributed by atoms with Gasteiger partial charge in [-0.05, 0) is 57.2 Å². The largest absolute Gasteiger partial charge is 0.465 e. The molecule has 1 atom stereocenters. The maximum Gasteiger partial charge on any atom is 0.419 e. The molecule has 1 saturated carbocycles. The maximum absolute atomic E-state index is 13.8. The SMILES string of the molecule is CC(C)OC(=O)N(C[C@@H]1CCCN1C(=O)O)C1(c2ccc(F)c(C(F)(F)F)c2)CC1. The molecular weight excluding hydrogens is 408 g/mol. The van der Waals surface area contributed by atoms with Crippen LogP contribution in [-0.2, 0) is 16.5 Å². The minimum atomic E-state index is -4.87. The van der Waals surface area contributed by atoms with E-state index in [1.807, 2.05) is 0 Å². The summed E-state index contributed by atoms with van der Waals surface area (Å²) < 4.78 is 58.7. The molecule has 1 aliphatic heterocycles. The van der Waals surface area contributed by atoms with Gasteiger partial charge in [-0.15, -0.1) is 0 Å². The molecule has 1 saturated heterocycles. The molecule has 1 heterocycles. The Labute approximate surface area is 171 Å². The highest BCUT2D eigenvalue weighted by molar-refractivity contribution is 5.71. The van der Waals surface area contributed by atoms with Crippen LogP contribution in [0.1, 0.15) is 50.7 Å². The van der Waals surface area contributed by atoms with Gasteiger partial charge in [0.15, 0.2) is 0 Å². The van der Waals surface area contributed by atoms with Gasteiger partial charge in [0.2, 0.25) is 0 Å². The number of benzene rings is 1. The van der Waals surface area contributed by atoms with Crippen LogP contribution in [0.4, 0.5) is 27.2 Å². The highest BCUT2D eigenvalue weighted by atomic mass is 19.4. The number of ether oxygens (including phenoxy) is 1. The molecule has 0 unspecified atom stereocenters. The molecule has 0 bridgehead atoms. The quantitative estimate of drug-likeness (QED) is 0.677. The Bertz CT molecular complexity index is 824. The average molecular weight is 432 g/mol. The van der Waals surface area contributed by atoms with Gasteiger partial charge in [-0.3, -0.25) is 4.90 Å². The van der Waals surface area contributed by atoms with Crippen LogP contribution in [0.5, 0.6) is 0 Å². The summed E-state index contributed by atoms with van der Waals surface area (Å²) in [5.41, 5.74) is -2.31. The molecule has 6 nitrogen and oxygen atoms in total. The average Bonchev–Trinajstić information content (AvgIpc) is 3.28. The van der Waals surface area contributed by atoms with Crippen LogP contribution >= 0.6 is 0 Å². The van der Waals surface area contributed by atoms with Crippen LogP contribution in [-0.4, -0.2) is 52.3 Å². The lowest BCUT2D eigenvalue weighted by Crippen LogP contribution is -2.49. The standard InChI is InChI=1S/C20H24F4N2O4/c1-12(2)30-18(29)26(11-14-4-3-9-25(14)17(27)28)19(7-8-19)13-5-6-16(21)15(10-13)20(22,23)24/h5-6,10,12,14H,3-4,7-9,11H2,1-2H3,(H,27,28)/t14-/m0/s1. The van der Waals surface area contributed by atoms with Crippen molar-refractivity contribution in [1.29, 1.82) is 0 Å². The zero-order valence-electron chi connectivity index (χ0n) is 16.7. The lowest BCUT2D eigenvalue weighted by molar-refractivity contribution is -0.140. The molecule has 1 N–H and O–H groups in total. The number of rotatable bonds is 5. The first-order chi connectivity index (χ1) is 14.0. The lowest BCUT2D eigenvalue weighted by Gasteiger charge is -2.36. The summed E-state index contributed by atoms with van der Waals surface area (Å²) in [7, 11) is 0. The summed E-state index contributed by atoms with van der Waals surface area (Å²) in [6, 6.07) is 2.25. The van der Waals surface area contributed by atoms with E-state index in [4.69, 9.17) is 4.74 Å². The van der Waals surface area contributed by atoms with E-state index in [2.05, 4.69) is 0 Å². The van der Waals surface area contributed by atoms with E-state index in [9.17, 15) is 32.3 Å². The summed E-state index contributed by atoms with van der Waals surface area (Å²) in [5.74, 6) is -1.38. The highest BCUT2D eigenvalue weighted by Crippen LogP contribution is 2.52. The number of hydrogen-bond acceptors (Lipinski definition) is 3. The Morgan fingerprint density at radius 3 is 2.53 bits per heavy atom. The number of likely N-dealkylation sites (tertiary alicyclic amines) is 1. The summed E-state index contributed by atoms with van der Waals surface area (Å²) in [4.78, 5) is 26.9. The summed E-state index contributed by atoms with van der Waals surface area (Å²) in [6.07, 6.45) is -5.25.